The van der Waals surface area contributed by atoms with Crippen LogP contribution in [-0.4, -0.2) is 142 Å². The number of aliphatic carboxylic acids is 1. The Morgan fingerprint density at radius 3 is 1.10 bits per heavy atom. The molecule has 0 aromatic heterocycles. The first-order chi connectivity index (χ1) is 20.1. The predicted molar refractivity (Wildman–Crippen MR) is 145 cm³/mol. The monoisotopic (exact) mass is 598 g/mol. The molecule has 0 radical (unpaired) electrons. The highest BCUT2D eigenvalue weighted by molar-refractivity contribution is 5.70. The summed E-state index contributed by atoms with van der Waals surface area (Å²) in [5.41, 5.74) is 0. The van der Waals surface area contributed by atoms with Crippen LogP contribution in [0, 0.1) is 0 Å². The first-order valence-corrected chi connectivity index (χ1v) is 14.2. The molecule has 0 aliphatic heterocycles. The minimum atomic E-state index is -0.865. The molecule has 0 saturated heterocycles. The maximum absolute atomic E-state index is 11.4. The van der Waals surface area contributed by atoms with Gasteiger partial charge >= 0.3 is 17.9 Å². The Balaban J connectivity index is 3.12. The first-order valence-electron chi connectivity index (χ1n) is 14.2. The molecule has 0 aromatic carbocycles. The number of rotatable bonds is 33. The van der Waals surface area contributed by atoms with Gasteiger partial charge in [0.15, 0.2) is 0 Å². The van der Waals surface area contributed by atoms with Crippen molar-refractivity contribution in [2.75, 3.05) is 119 Å². The van der Waals surface area contributed by atoms with Crippen LogP contribution in [0.25, 0.3) is 0 Å². The molecule has 0 amide bonds. The van der Waals surface area contributed by atoms with Crippen LogP contribution in [0.3, 0.4) is 0 Å². The van der Waals surface area contributed by atoms with E-state index >= 15 is 0 Å². The Hall–Kier alpha value is -1.91. The number of ether oxygens (including phenoxy) is 10. The van der Waals surface area contributed by atoms with Crippen molar-refractivity contribution in [2.24, 2.45) is 0 Å². The van der Waals surface area contributed by atoms with Gasteiger partial charge in [-0.2, -0.15) is 0 Å². The molecule has 0 saturated carbocycles. The predicted octanol–water partition coefficient (Wildman–Crippen LogP) is 1.26. The number of hydrogen-bond acceptors (Lipinski definition) is 13. The van der Waals surface area contributed by atoms with E-state index in [-0.39, 0.29) is 44.4 Å². The van der Waals surface area contributed by atoms with E-state index in [2.05, 4.69) is 0 Å². The van der Waals surface area contributed by atoms with Crippen molar-refractivity contribution >= 4 is 17.9 Å². The number of hydrogen-bond donors (Lipinski definition) is 1. The van der Waals surface area contributed by atoms with Crippen LogP contribution >= 0.6 is 0 Å². The fourth-order valence-electron chi connectivity index (χ4n) is 2.86. The molecule has 14 heteroatoms. The van der Waals surface area contributed by atoms with E-state index in [0.29, 0.717) is 119 Å². The molecule has 41 heavy (non-hydrogen) atoms. The van der Waals surface area contributed by atoms with Crippen LogP contribution in [0.2, 0.25) is 0 Å². The maximum atomic E-state index is 11.4. The molecule has 1 N–H and O–H groups in total. The number of esters is 2. The highest BCUT2D eigenvalue weighted by atomic mass is 16.6. The van der Waals surface area contributed by atoms with Gasteiger partial charge in [0.2, 0.25) is 0 Å². The van der Waals surface area contributed by atoms with Crippen molar-refractivity contribution in [3.63, 3.8) is 0 Å². The van der Waals surface area contributed by atoms with Crippen molar-refractivity contribution in [3.05, 3.63) is 0 Å². The smallest absolute Gasteiger partial charge is 0.308 e. The minimum Gasteiger partial charge on any atom is -0.481 e. The third-order valence-corrected chi connectivity index (χ3v) is 4.87. The Morgan fingerprint density at radius 1 is 0.415 bits per heavy atom. The quantitative estimate of drug-likeness (QED) is 0.0848. The zero-order chi connectivity index (χ0) is 30.1. The van der Waals surface area contributed by atoms with Crippen LogP contribution in [-0.2, 0) is 61.8 Å². The zero-order valence-corrected chi connectivity index (χ0v) is 24.5. The van der Waals surface area contributed by atoms with Gasteiger partial charge in [0.1, 0.15) is 6.61 Å². The standard InChI is InChI=1S/C27H50O14/c1-2-40-27(31)7-8-32-9-10-33-11-12-34-13-14-35-15-16-36-17-18-37-19-20-38-21-22-39-23-24-41-26(30)6-4-3-5-25(28)29/h2-24H2,1H3,(H,28,29). The Kier molecular flexibility index (Phi) is 31.1. The van der Waals surface area contributed by atoms with Crippen molar-refractivity contribution in [3.8, 4) is 0 Å². The number of carbonyl (C=O) groups excluding carboxylic acids is 2. The Labute approximate surface area is 243 Å². The lowest BCUT2D eigenvalue weighted by molar-refractivity contribution is -0.146. The molecule has 0 aliphatic rings. The van der Waals surface area contributed by atoms with Crippen LogP contribution in [0.15, 0.2) is 0 Å². The van der Waals surface area contributed by atoms with Crippen molar-refractivity contribution < 1.29 is 66.9 Å². The van der Waals surface area contributed by atoms with Gasteiger partial charge in [-0.15, -0.1) is 0 Å². The summed E-state index contributed by atoms with van der Waals surface area (Å²) in [5, 5.41) is 8.53. The summed E-state index contributed by atoms with van der Waals surface area (Å²) in [6.07, 6.45) is 1.48. The van der Waals surface area contributed by atoms with E-state index in [0.717, 1.165) is 0 Å². The maximum Gasteiger partial charge on any atom is 0.308 e. The summed E-state index contributed by atoms with van der Waals surface area (Å²) in [6.45, 7) is 9.18. The molecule has 0 heterocycles. The summed E-state index contributed by atoms with van der Waals surface area (Å²) in [6, 6.07) is 0. The Morgan fingerprint density at radius 2 is 0.732 bits per heavy atom. The fraction of sp³-hybridized carbons (Fsp3) is 0.889. The molecule has 0 aliphatic carbocycles. The number of carboxylic acids is 1. The van der Waals surface area contributed by atoms with E-state index in [9.17, 15) is 14.4 Å². The van der Waals surface area contributed by atoms with Gasteiger partial charge in [0, 0.05) is 12.8 Å². The molecule has 0 unspecified atom stereocenters. The van der Waals surface area contributed by atoms with Gasteiger partial charge in [0.05, 0.1) is 119 Å². The van der Waals surface area contributed by atoms with Crippen LogP contribution in [0.1, 0.15) is 39.0 Å². The van der Waals surface area contributed by atoms with E-state index < -0.39 is 5.97 Å². The van der Waals surface area contributed by atoms with Gasteiger partial charge in [-0.3, -0.25) is 14.4 Å². The molecular formula is C27H50O14. The van der Waals surface area contributed by atoms with E-state index in [4.69, 9.17) is 52.5 Å². The number of unbranched alkanes of at least 4 members (excludes halogenated alkanes) is 1. The summed E-state index contributed by atoms with van der Waals surface area (Å²) in [7, 11) is 0. The number of carboxylic acid groups (broad SMARTS) is 1. The van der Waals surface area contributed by atoms with Crippen LogP contribution in [0.4, 0.5) is 0 Å². The number of carbonyl (C=O) groups is 3. The molecule has 242 valence electrons. The molecule has 0 atom stereocenters. The van der Waals surface area contributed by atoms with Gasteiger partial charge in [-0.1, -0.05) is 0 Å². The third-order valence-electron chi connectivity index (χ3n) is 4.87. The molecule has 14 nitrogen and oxygen atoms in total. The lowest BCUT2D eigenvalue weighted by Gasteiger charge is -2.09. The summed E-state index contributed by atoms with van der Waals surface area (Å²) >= 11 is 0. The lowest BCUT2D eigenvalue weighted by Crippen LogP contribution is -2.15. The average molecular weight is 599 g/mol. The van der Waals surface area contributed by atoms with Gasteiger partial charge < -0.3 is 52.5 Å². The Bertz CT molecular complexity index is 605. The molecule has 0 aromatic rings. The summed E-state index contributed by atoms with van der Waals surface area (Å²) in [4.78, 5) is 33.0. The highest BCUT2D eigenvalue weighted by Gasteiger charge is 2.04. The van der Waals surface area contributed by atoms with Gasteiger partial charge in [0.25, 0.3) is 0 Å². The van der Waals surface area contributed by atoms with Crippen molar-refractivity contribution in [1.82, 2.24) is 0 Å². The van der Waals surface area contributed by atoms with Gasteiger partial charge in [-0.05, 0) is 19.8 Å². The minimum absolute atomic E-state index is 0.0586. The fourth-order valence-corrected chi connectivity index (χ4v) is 2.86. The topological polar surface area (TPSA) is 164 Å². The first kappa shape index (κ1) is 39.1. The average Bonchev–Trinajstić information content (AvgIpc) is 2.95. The third kappa shape index (κ3) is 34.2. The van der Waals surface area contributed by atoms with Crippen LogP contribution in [0.5, 0.6) is 0 Å². The second-order valence-corrected chi connectivity index (χ2v) is 8.28. The molecular weight excluding hydrogens is 548 g/mol. The lowest BCUT2D eigenvalue weighted by atomic mass is 10.2. The van der Waals surface area contributed by atoms with Crippen LogP contribution < -0.4 is 0 Å². The van der Waals surface area contributed by atoms with E-state index in [1.54, 1.807) is 6.92 Å². The second-order valence-electron chi connectivity index (χ2n) is 8.28. The van der Waals surface area contributed by atoms with E-state index in [1.807, 2.05) is 0 Å². The SMILES string of the molecule is CCOC(=O)CCOCCOCCOCCOCCOCCOCCOCCOCCOC(=O)CCCCC(=O)O. The molecule has 0 spiro atoms. The van der Waals surface area contributed by atoms with Crippen molar-refractivity contribution in [1.29, 1.82) is 0 Å². The largest absolute Gasteiger partial charge is 0.481 e. The van der Waals surface area contributed by atoms with Crippen molar-refractivity contribution in [2.45, 2.75) is 39.0 Å². The highest BCUT2D eigenvalue weighted by Crippen LogP contribution is 2.01. The second kappa shape index (κ2) is 32.6. The normalized spacial score (nSPS) is 11.0. The van der Waals surface area contributed by atoms with E-state index in [1.165, 1.54) is 0 Å². The summed E-state index contributed by atoms with van der Waals surface area (Å²) < 4.78 is 52.8. The molecule has 0 fully saturated rings. The zero-order valence-electron chi connectivity index (χ0n) is 24.5. The summed E-state index contributed by atoms with van der Waals surface area (Å²) in [5.74, 6) is -1.47. The van der Waals surface area contributed by atoms with Gasteiger partial charge in [-0.25, -0.2) is 0 Å². The molecule has 0 bridgehead atoms. The molecule has 0 rings (SSSR count).